The number of carbonyl (C=O) groups excluding carboxylic acids is 3. The molecular formula is C21H18N2O5S. The zero-order chi connectivity index (χ0) is 20.4. The summed E-state index contributed by atoms with van der Waals surface area (Å²) in [6, 6.07) is 17.8. The molecule has 8 heteroatoms. The minimum Gasteiger partial charge on any atom is -0.509 e. The van der Waals surface area contributed by atoms with Gasteiger partial charge in [-0.3, -0.25) is 14.5 Å². The second-order valence-electron chi connectivity index (χ2n) is 6.57. The van der Waals surface area contributed by atoms with Crippen molar-refractivity contribution in [3.63, 3.8) is 0 Å². The zero-order valence-electron chi connectivity index (χ0n) is 15.2. The fourth-order valence-corrected chi connectivity index (χ4v) is 4.65. The fourth-order valence-electron chi connectivity index (χ4n) is 3.43. The van der Waals surface area contributed by atoms with E-state index in [4.69, 9.17) is 4.74 Å². The van der Waals surface area contributed by atoms with Gasteiger partial charge in [-0.1, -0.05) is 60.7 Å². The molecule has 0 radical (unpaired) electrons. The third-order valence-electron chi connectivity index (χ3n) is 4.82. The van der Waals surface area contributed by atoms with Gasteiger partial charge in [-0.2, -0.15) is 0 Å². The van der Waals surface area contributed by atoms with E-state index in [1.54, 1.807) is 0 Å². The summed E-state index contributed by atoms with van der Waals surface area (Å²) >= 11 is 1.27. The Kier molecular flexibility index (Phi) is 5.26. The maximum Gasteiger partial charge on any atom is 0.359 e. The first kappa shape index (κ1) is 19.1. The molecular weight excluding hydrogens is 392 g/mol. The standard InChI is InChI=1S/C21H18N2O5S/c24-12-22-16-19(26)23-17(15(25)11-29-20(16)23)21(27)28-18(13-7-3-1-4-8-13)14-9-5-2-6-10-14/h1-10,12,16,18,20,25H,11H2,(H,22,24)/t16-,20-/m1/s1. The van der Waals surface area contributed by atoms with Crippen molar-refractivity contribution in [1.82, 2.24) is 10.2 Å². The number of carbonyl (C=O) groups is 3. The molecule has 2 N–H and O–H groups in total. The van der Waals surface area contributed by atoms with Crippen LogP contribution in [0.5, 0.6) is 0 Å². The first-order valence-electron chi connectivity index (χ1n) is 8.99. The van der Waals surface area contributed by atoms with Crippen LogP contribution < -0.4 is 5.32 Å². The van der Waals surface area contributed by atoms with Gasteiger partial charge in [0, 0.05) is 0 Å². The molecule has 0 aliphatic carbocycles. The minimum atomic E-state index is -0.789. The van der Waals surface area contributed by atoms with Crippen LogP contribution in [0.15, 0.2) is 72.1 Å². The van der Waals surface area contributed by atoms with Crippen molar-refractivity contribution in [2.45, 2.75) is 17.5 Å². The molecule has 4 rings (SSSR count). The van der Waals surface area contributed by atoms with E-state index < -0.39 is 29.4 Å². The summed E-state index contributed by atoms with van der Waals surface area (Å²) in [5.74, 6) is -1.31. The molecule has 1 fully saturated rings. The molecule has 2 aromatic rings. The van der Waals surface area contributed by atoms with Crippen molar-refractivity contribution in [2.24, 2.45) is 0 Å². The van der Waals surface area contributed by atoms with Crippen LogP contribution in [0, 0.1) is 0 Å². The Balaban J connectivity index is 1.62. The van der Waals surface area contributed by atoms with Gasteiger partial charge < -0.3 is 15.2 Å². The van der Waals surface area contributed by atoms with Crippen molar-refractivity contribution in [3.05, 3.63) is 83.2 Å². The summed E-state index contributed by atoms with van der Waals surface area (Å²) in [6.45, 7) is 0. The molecule has 148 valence electrons. The Morgan fingerprint density at radius 1 is 1.14 bits per heavy atom. The summed E-state index contributed by atoms with van der Waals surface area (Å²) in [6.07, 6.45) is -0.240. The van der Waals surface area contributed by atoms with Crippen LogP contribution >= 0.6 is 11.8 Å². The number of hydrogen-bond acceptors (Lipinski definition) is 6. The van der Waals surface area contributed by atoms with Gasteiger partial charge in [0.05, 0.1) is 5.75 Å². The van der Waals surface area contributed by atoms with Gasteiger partial charge in [-0.25, -0.2) is 4.79 Å². The smallest absolute Gasteiger partial charge is 0.359 e. The molecule has 0 spiro atoms. The molecule has 29 heavy (non-hydrogen) atoms. The third kappa shape index (κ3) is 3.47. The molecule has 2 atom stereocenters. The lowest BCUT2D eigenvalue weighted by Gasteiger charge is -2.48. The lowest BCUT2D eigenvalue weighted by Crippen LogP contribution is -2.69. The zero-order valence-corrected chi connectivity index (χ0v) is 16.0. The lowest BCUT2D eigenvalue weighted by atomic mass is 10.0. The van der Waals surface area contributed by atoms with Gasteiger partial charge in [-0.05, 0) is 11.1 Å². The van der Waals surface area contributed by atoms with Gasteiger partial charge in [-0.15, -0.1) is 11.8 Å². The highest BCUT2D eigenvalue weighted by Gasteiger charge is 2.54. The molecule has 7 nitrogen and oxygen atoms in total. The third-order valence-corrected chi connectivity index (χ3v) is 6.08. The second-order valence-corrected chi connectivity index (χ2v) is 7.68. The van der Waals surface area contributed by atoms with Crippen molar-refractivity contribution in [1.29, 1.82) is 0 Å². The molecule has 2 aliphatic rings. The number of β-lactam (4-membered cyclic amide) rings is 1. The average molecular weight is 410 g/mol. The number of thioether (sulfide) groups is 1. The molecule has 1 saturated heterocycles. The van der Waals surface area contributed by atoms with E-state index in [0.29, 0.717) is 6.41 Å². The van der Waals surface area contributed by atoms with Crippen LogP contribution in [-0.4, -0.2) is 45.5 Å². The predicted octanol–water partition coefficient (Wildman–Crippen LogP) is 2.12. The van der Waals surface area contributed by atoms with E-state index in [1.807, 2.05) is 60.7 Å². The number of hydrogen-bond donors (Lipinski definition) is 2. The van der Waals surface area contributed by atoms with Crippen molar-refractivity contribution in [3.8, 4) is 0 Å². The summed E-state index contributed by atoms with van der Waals surface area (Å²) in [4.78, 5) is 37.4. The largest absolute Gasteiger partial charge is 0.509 e. The first-order chi connectivity index (χ1) is 14.1. The number of benzene rings is 2. The molecule has 2 heterocycles. The number of aliphatic hydroxyl groups excluding tert-OH is 1. The first-order valence-corrected chi connectivity index (χ1v) is 10.0. The highest BCUT2D eigenvalue weighted by molar-refractivity contribution is 8.00. The number of fused-ring (bicyclic) bond motifs is 1. The number of esters is 1. The summed E-state index contributed by atoms with van der Waals surface area (Å²) in [5.41, 5.74) is 1.37. The van der Waals surface area contributed by atoms with Crippen molar-refractivity contribution >= 4 is 30.0 Å². The molecule has 0 unspecified atom stereocenters. The van der Waals surface area contributed by atoms with Gasteiger partial charge in [0.25, 0.3) is 5.91 Å². The summed E-state index contributed by atoms with van der Waals surface area (Å²) in [7, 11) is 0. The Labute approximate surface area is 171 Å². The second kappa shape index (κ2) is 8.00. The van der Waals surface area contributed by atoms with Gasteiger partial charge in [0.1, 0.15) is 17.2 Å². The van der Waals surface area contributed by atoms with Gasteiger partial charge in [0.2, 0.25) is 6.41 Å². The number of amides is 2. The Morgan fingerprint density at radius 2 is 1.72 bits per heavy atom. The topological polar surface area (TPSA) is 95.9 Å². The molecule has 0 saturated carbocycles. The normalized spacial score (nSPS) is 20.7. The average Bonchev–Trinajstić information content (AvgIpc) is 2.76. The van der Waals surface area contributed by atoms with E-state index in [9.17, 15) is 19.5 Å². The van der Waals surface area contributed by atoms with Crippen LogP contribution in [-0.2, 0) is 19.1 Å². The van der Waals surface area contributed by atoms with Crippen molar-refractivity contribution < 1.29 is 24.2 Å². The Morgan fingerprint density at radius 3 is 2.28 bits per heavy atom. The molecule has 2 amide bonds. The Bertz CT molecular complexity index is 924. The lowest BCUT2D eigenvalue weighted by molar-refractivity contribution is -0.154. The van der Waals surface area contributed by atoms with Crippen LogP contribution in [0.1, 0.15) is 17.2 Å². The van der Waals surface area contributed by atoms with E-state index in [2.05, 4.69) is 5.32 Å². The SMILES string of the molecule is O=CN[C@@H]1C(=O)N2C(C(=O)OC(c3ccccc3)c3ccccc3)=C(O)CS[C@H]12. The monoisotopic (exact) mass is 410 g/mol. The van der Waals surface area contributed by atoms with Gasteiger partial charge in [0.15, 0.2) is 11.8 Å². The number of aliphatic hydroxyl groups is 1. The number of nitrogens with one attached hydrogen (secondary N) is 1. The van der Waals surface area contributed by atoms with E-state index in [1.165, 1.54) is 16.7 Å². The molecule has 2 aliphatic heterocycles. The van der Waals surface area contributed by atoms with Crippen LogP contribution in [0.25, 0.3) is 0 Å². The van der Waals surface area contributed by atoms with Crippen LogP contribution in [0.4, 0.5) is 0 Å². The maximum absolute atomic E-state index is 13.0. The number of nitrogens with zero attached hydrogens (tertiary/aromatic N) is 1. The van der Waals surface area contributed by atoms with E-state index in [0.717, 1.165) is 11.1 Å². The van der Waals surface area contributed by atoms with Crippen LogP contribution in [0.3, 0.4) is 0 Å². The molecule has 2 aromatic carbocycles. The fraction of sp³-hybridized carbons (Fsp3) is 0.190. The molecule has 0 aromatic heterocycles. The number of rotatable bonds is 6. The van der Waals surface area contributed by atoms with E-state index in [-0.39, 0.29) is 17.2 Å². The quantitative estimate of drug-likeness (QED) is 0.430. The highest BCUT2D eigenvalue weighted by atomic mass is 32.2. The maximum atomic E-state index is 13.0. The van der Waals surface area contributed by atoms with Crippen molar-refractivity contribution in [2.75, 3.05) is 5.75 Å². The van der Waals surface area contributed by atoms with Crippen LogP contribution in [0.2, 0.25) is 0 Å². The minimum absolute atomic E-state index is 0.150. The predicted molar refractivity (Wildman–Crippen MR) is 107 cm³/mol. The van der Waals surface area contributed by atoms with Gasteiger partial charge >= 0.3 is 5.97 Å². The summed E-state index contributed by atoms with van der Waals surface area (Å²) in [5, 5.41) is 12.3. The summed E-state index contributed by atoms with van der Waals surface area (Å²) < 4.78 is 5.78. The van der Waals surface area contributed by atoms with E-state index >= 15 is 0 Å². The number of ether oxygens (including phenoxy) is 1. The Hall–Kier alpha value is -3.26. The highest BCUT2D eigenvalue weighted by Crippen LogP contribution is 2.40. The molecule has 0 bridgehead atoms.